The van der Waals surface area contributed by atoms with Crippen LogP contribution in [0.5, 0.6) is 0 Å². The van der Waals surface area contributed by atoms with Crippen molar-refractivity contribution in [2.24, 2.45) is 0 Å². The molecule has 21 heavy (non-hydrogen) atoms. The van der Waals surface area contributed by atoms with E-state index >= 15 is 0 Å². The van der Waals surface area contributed by atoms with Gasteiger partial charge in [-0.2, -0.15) is 0 Å². The van der Waals surface area contributed by atoms with Gasteiger partial charge in [-0.25, -0.2) is 0 Å². The summed E-state index contributed by atoms with van der Waals surface area (Å²) in [5.74, 6) is -0.0870. The van der Waals surface area contributed by atoms with Crippen molar-refractivity contribution < 1.29 is 9.53 Å². The van der Waals surface area contributed by atoms with Gasteiger partial charge in [-0.1, -0.05) is 0 Å². The normalized spacial score (nSPS) is 15.0. The van der Waals surface area contributed by atoms with Crippen molar-refractivity contribution in [3.05, 3.63) is 45.1 Å². The van der Waals surface area contributed by atoms with Crippen molar-refractivity contribution >= 4 is 44.5 Å². The summed E-state index contributed by atoms with van der Waals surface area (Å²) >= 11 is 4.86. The number of nitrogens with one attached hydrogen (secondary N) is 1. The minimum absolute atomic E-state index is 0.0870. The smallest absolute Gasteiger partial charge is 0.256 e. The largest absolute Gasteiger partial charge is 0.378 e. The molecule has 1 amide bonds. The van der Waals surface area contributed by atoms with Gasteiger partial charge in [-0.3, -0.25) is 4.79 Å². The van der Waals surface area contributed by atoms with Gasteiger partial charge in [-0.15, -0.1) is 11.3 Å². The Bertz CT molecular complexity index is 621. The molecule has 1 aliphatic rings. The van der Waals surface area contributed by atoms with Crippen LogP contribution in [0.2, 0.25) is 0 Å². The summed E-state index contributed by atoms with van der Waals surface area (Å²) in [6.45, 7) is 3.36. The number of benzene rings is 1. The van der Waals surface area contributed by atoms with E-state index in [1.165, 1.54) is 11.3 Å². The molecule has 4 nitrogen and oxygen atoms in total. The molecule has 0 spiro atoms. The van der Waals surface area contributed by atoms with E-state index in [4.69, 9.17) is 4.74 Å². The number of hydrogen-bond donors (Lipinski definition) is 1. The van der Waals surface area contributed by atoms with E-state index in [0.29, 0.717) is 5.56 Å². The number of thiophene rings is 1. The second kappa shape index (κ2) is 6.60. The number of nitrogens with zero attached hydrogens (tertiary/aromatic N) is 1. The molecule has 0 bridgehead atoms. The highest BCUT2D eigenvalue weighted by Gasteiger charge is 2.12. The molecule has 0 aliphatic carbocycles. The molecule has 1 fully saturated rings. The number of carbonyl (C=O) groups is 1. The van der Waals surface area contributed by atoms with Crippen LogP contribution < -0.4 is 10.2 Å². The SMILES string of the molecule is O=C(Nc1ccc(N2CCOCC2)cc1)c1csc(Br)c1. The molecule has 3 rings (SSSR count). The molecule has 2 heterocycles. The lowest BCUT2D eigenvalue weighted by Gasteiger charge is -2.28. The van der Waals surface area contributed by atoms with Gasteiger partial charge in [0.25, 0.3) is 5.91 Å². The van der Waals surface area contributed by atoms with Crippen LogP contribution in [0.1, 0.15) is 10.4 Å². The Hall–Kier alpha value is -1.37. The summed E-state index contributed by atoms with van der Waals surface area (Å²) in [5.41, 5.74) is 2.64. The van der Waals surface area contributed by atoms with Crippen LogP contribution in [0.15, 0.2) is 39.5 Å². The van der Waals surface area contributed by atoms with Crippen molar-refractivity contribution in [1.29, 1.82) is 0 Å². The first-order valence-electron chi connectivity index (χ1n) is 6.70. The lowest BCUT2D eigenvalue weighted by molar-refractivity contribution is 0.102. The number of rotatable bonds is 3. The number of halogens is 1. The Kier molecular flexibility index (Phi) is 4.57. The van der Waals surface area contributed by atoms with E-state index in [2.05, 4.69) is 26.1 Å². The maximum absolute atomic E-state index is 12.1. The van der Waals surface area contributed by atoms with E-state index in [0.717, 1.165) is 41.5 Å². The molecule has 1 saturated heterocycles. The fraction of sp³-hybridized carbons (Fsp3) is 0.267. The molecule has 0 atom stereocenters. The number of carbonyl (C=O) groups excluding carboxylic acids is 1. The summed E-state index contributed by atoms with van der Waals surface area (Å²) in [4.78, 5) is 14.3. The first kappa shape index (κ1) is 14.6. The van der Waals surface area contributed by atoms with Crippen molar-refractivity contribution in [1.82, 2.24) is 0 Å². The van der Waals surface area contributed by atoms with E-state index in [9.17, 15) is 4.79 Å². The van der Waals surface area contributed by atoms with Gasteiger partial charge in [0.1, 0.15) is 0 Å². The van der Waals surface area contributed by atoms with E-state index in [1.807, 2.05) is 35.7 Å². The van der Waals surface area contributed by atoms with Crippen LogP contribution in [-0.2, 0) is 4.74 Å². The highest BCUT2D eigenvalue weighted by atomic mass is 79.9. The monoisotopic (exact) mass is 366 g/mol. The van der Waals surface area contributed by atoms with Crippen LogP contribution >= 0.6 is 27.3 Å². The minimum Gasteiger partial charge on any atom is -0.378 e. The lowest BCUT2D eigenvalue weighted by Crippen LogP contribution is -2.36. The molecule has 1 aromatic carbocycles. The van der Waals surface area contributed by atoms with Gasteiger partial charge < -0.3 is 15.0 Å². The molecule has 1 aliphatic heterocycles. The molecule has 0 saturated carbocycles. The number of ether oxygens (including phenoxy) is 1. The Morgan fingerprint density at radius 3 is 2.57 bits per heavy atom. The van der Waals surface area contributed by atoms with Crippen LogP contribution in [0.3, 0.4) is 0 Å². The number of anilines is 2. The zero-order valence-corrected chi connectivity index (χ0v) is 13.7. The zero-order valence-electron chi connectivity index (χ0n) is 11.3. The molecular formula is C15H15BrN2O2S. The molecule has 0 radical (unpaired) electrons. The van der Waals surface area contributed by atoms with Gasteiger partial charge in [0.15, 0.2) is 0 Å². The Labute approximate surface area is 135 Å². The van der Waals surface area contributed by atoms with E-state index < -0.39 is 0 Å². The number of hydrogen-bond acceptors (Lipinski definition) is 4. The summed E-state index contributed by atoms with van der Waals surface area (Å²) in [6, 6.07) is 9.76. The Morgan fingerprint density at radius 1 is 1.24 bits per heavy atom. The fourth-order valence-corrected chi connectivity index (χ4v) is 3.35. The standard InChI is InChI=1S/C15H15BrN2O2S/c16-14-9-11(10-21-14)15(19)17-12-1-3-13(4-2-12)18-5-7-20-8-6-18/h1-4,9-10H,5-8H2,(H,17,19). The third-order valence-corrected chi connectivity index (χ3v) is 4.84. The fourth-order valence-electron chi connectivity index (χ4n) is 2.21. The predicted molar refractivity (Wildman–Crippen MR) is 89.4 cm³/mol. The molecule has 110 valence electrons. The summed E-state index contributed by atoms with van der Waals surface area (Å²) in [7, 11) is 0. The van der Waals surface area contributed by atoms with E-state index in [1.54, 1.807) is 0 Å². The van der Waals surface area contributed by atoms with Crippen LogP contribution in [0.4, 0.5) is 11.4 Å². The van der Waals surface area contributed by atoms with E-state index in [-0.39, 0.29) is 5.91 Å². The van der Waals surface area contributed by atoms with Crippen molar-refractivity contribution in [3.8, 4) is 0 Å². The van der Waals surface area contributed by atoms with Gasteiger partial charge in [-0.05, 0) is 46.3 Å². The quantitative estimate of drug-likeness (QED) is 0.901. The first-order valence-corrected chi connectivity index (χ1v) is 8.38. The minimum atomic E-state index is -0.0870. The lowest BCUT2D eigenvalue weighted by atomic mass is 10.2. The number of morpholine rings is 1. The number of amides is 1. The van der Waals surface area contributed by atoms with Gasteiger partial charge in [0.05, 0.1) is 22.6 Å². The van der Waals surface area contributed by atoms with Crippen molar-refractivity contribution in [2.45, 2.75) is 0 Å². The van der Waals surface area contributed by atoms with Crippen molar-refractivity contribution in [3.63, 3.8) is 0 Å². The predicted octanol–water partition coefficient (Wildman–Crippen LogP) is 3.60. The molecule has 2 aromatic rings. The maximum Gasteiger partial charge on any atom is 0.256 e. The second-order valence-electron chi connectivity index (χ2n) is 4.74. The third-order valence-electron chi connectivity index (χ3n) is 3.33. The average Bonchev–Trinajstić information content (AvgIpc) is 2.96. The molecule has 1 aromatic heterocycles. The Morgan fingerprint density at radius 2 is 1.95 bits per heavy atom. The summed E-state index contributed by atoms with van der Waals surface area (Å²) in [5, 5.41) is 4.74. The van der Waals surface area contributed by atoms with Gasteiger partial charge >= 0.3 is 0 Å². The highest BCUT2D eigenvalue weighted by Crippen LogP contribution is 2.23. The van der Waals surface area contributed by atoms with Crippen LogP contribution in [-0.4, -0.2) is 32.2 Å². The highest BCUT2D eigenvalue weighted by molar-refractivity contribution is 9.11. The Balaban J connectivity index is 1.65. The molecular weight excluding hydrogens is 352 g/mol. The topological polar surface area (TPSA) is 41.6 Å². The summed E-state index contributed by atoms with van der Waals surface area (Å²) < 4.78 is 6.30. The molecule has 0 unspecified atom stereocenters. The average molecular weight is 367 g/mol. The maximum atomic E-state index is 12.1. The van der Waals surface area contributed by atoms with Crippen molar-refractivity contribution in [2.75, 3.05) is 36.5 Å². The third kappa shape index (κ3) is 3.64. The van der Waals surface area contributed by atoms with Crippen LogP contribution in [0, 0.1) is 0 Å². The van der Waals surface area contributed by atoms with Gasteiger partial charge in [0.2, 0.25) is 0 Å². The van der Waals surface area contributed by atoms with Gasteiger partial charge in [0, 0.05) is 29.8 Å². The zero-order chi connectivity index (χ0) is 14.7. The summed E-state index contributed by atoms with van der Waals surface area (Å²) in [6.07, 6.45) is 0. The van der Waals surface area contributed by atoms with Crippen LogP contribution in [0.25, 0.3) is 0 Å². The second-order valence-corrected chi connectivity index (χ2v) is 7.03. The molecule has 1 N–H and O–H groups in total. The molecule has 6 heteroatoms. The first-order chi connectivity index (χ1) is 10.2.